The van der Waals surface area contributed by atoms with E-state index in [-0.39, 0.29) is 11.1 Å². The van der Waals surface area contributed by atoms with E-state index >= 15 is 0 Å². The van der Waals surface area contributed by atoms with E-state index in [0.29, 0.717) is 12.5 Å². The van der Waals surface area contributed by atoms with Crippen LogP contribution in [0.2, 0.25) is 18.1 Å². The molecule has 1 aliphatic heterocycles. The van der Waals surface area contributed by atoms with E-state index in [1.165, 1.54) is 0 Å². The highest BCUT2D eigenvalue weighted by Gasteiger charge is 2.38. The Morgan fingerprint density at radius 1 is 1.32 bits per heavy atom. The molecule has 0 N–H and O–H groups in total. The Labute approximate surface area is 120 Å². The maximum atomic E-state index is 6.22. The summed E-state index contributed by atoms with van der Waals surface area (Å²) in [6.07, 6.45) is 1.24. The van der Waals surface area contributed by atoms with Crippen molar-refractivity contribution in [1.82, 2.24) is 0 Å². The molecule has 1 aliphatic rings. The molecule has 1 rings (SSSR count). The van der Waals surface area contributed by atoms with Crippen molar-refractivity contribution in [3.05, 3.63) is 0 Å². The lowest BCUT2D eigenvalue weighted by Gasteiger charge is -2.36. The Kier molecular flexibility index (Phi) is 5.27. The smallest absolute Gasteiger partial charge is 0.191 e. The molecule has 0 radical (unpaired) electrons. The number of ether oxygens (including phenoxy) is 2. The van der Waals surface area contributed by atoms with E-state index in [2.05, 4.69) is 40.8 Å². The van der Waals surface area contributed by atoms with Crippen LogP contribution in [0, 0.1) is 5.92 Å². The second-order valence-corrected chi connectivity index (χ2v) is 12.6. The van der Waals surface area contributed by atoms with Crippen LogP contribution in [0.25, 0.3) is 0 Å². The summed E-state index contributed by atoms with van der Waals surface area (Å²) in [5.41, 5.74) is 0. The van der Waals surface area contributed by atoms with Crippen LogP contribution in [-0.2, 0) is 13.9 Å². The van der Waals surface area contributed by atoms with Gasteiger partial charge in [0.25, 0.3) is 0 Å². The maximum absolute atomic E-state index is 6.22. The second kappa shape index (κ2) is 5.84. The van der Waals surface area contributed by atoms with Gasteiger partial charge in [0.15, 0.2) is 14.1 Å². The van der Waals surface area contributed by atoms with Crippen LogP contribution in [0.15, 0.2) is 0 Å². The molecule has 0 saturated carbocycles. The van der Waals surface area contributed by atoms with Crippen molar-refractivity contribution in [2.45, 2.75) is 78.0 Å². The largest absolute Gasteiger partial charge is 0.417 e. The van der Waals surface area contributed by atoms with Gasteiger partial charge in [-0.25, -0.2) is 0 Å². The van der Waals surface area contributed by atoms with Crippen LogP contribution >= 0.6 is 0 Å². The van der Waals surface area contributed by atoms with Crippen molar-refractivity contribution >= 4 is 8.32 Å². The van der Waals surface area contributed by atoms with Gasteiger partial charge in [-0.05, 0) is 44.3 Å². The molecule has 1 saturated heterocycles. The monoisotopic (exact) mass is 288 g/mol. The fraction of sp³-hybridized carbons (Fsp3) is 1.00. The molecule has 0 aliphatic carbocycles. The SMILES string of the molecule is C[C@H](CCO[Si](C)(C)C(C)(C)C)[C@@H]1COC(C)(C)O1. The van der Waals surface area contributed by atoms with Crippen LogP contribution in [-0.4, -0.2) is 33.4 Å². The van der Waals surface area contributed by atoms with Gasteiger partial charge in [0.2, 0.25) is 0 Å². The van der Waals surface area contributed by atoms with E-state index in [4.69, 9.17) is 13.9 Å². The molecule has 2 atom stereocenters. The van der Waals surface area contributed by atoms with E-state index in [1.54, 1.807) is 0 Å². The molecule has 1 heterocycles. The lowest BCUT2D eigenvalue weighted by atomic mass is 10.0. The molecule has 0 bridgehead atoms. The standard InChI is InChI=1S/C15H32O3Si/c1-12(13-11-16-15(5,6)18-13)9-10-17-19(7,8)14(2,3)4/h12-13H,9-11H2,1-8H3/t12-,13+/m1/s1. The molecule has 1 fully saturated rings. The highest BCUT2D eigenvalue weighted by molar-refractivity contribution is 6.74. The Morgan fingerprint density at radius 3 is 2.32 bits per heavy atom. The number of hydrogen-bond acceptors (Lipinski definition) is 3. The zero-order chi connectivity index (χ0) is 14.9. The van der Waals surface area contributed by atoms with Gasteiger partial charge in [-0.2, -0.15) is 0 Å². The summed E-state index contributed by atoms with van der Waals surface area (Å²) in [4.78, 5) is 0. The van der Waals surface area contributed by atoms with Crippen molar-refractivity contribution in [2.75, 3.05) is 13.2 Å². The van der Waals surface area contributed by atoms with Gasteiger partial charge in [0.05, 0.1) is 12.7 Å². The molecule has 0 aromatic rings. The van der Waals surface area contributed by atoms with Crippen LogP contribution < -0.4 is 0 Å². The van der Waals surface area contributed by atoms with Gasteiger partial charge in [-0.1, -0.05) is 27.7 Å². The number of rotatable bonds is 5. The van der Waals surface area contributed by atoms with Gasteiger partial charge < -0.3 is 13.9 Å². The summed E-state index contributed by atoms with van der Waals surface area (Å²) < 4.78 is 17.7. The van der Waals surface area contributed by atoms with E-state index in [1.807, 2.05) is 13.8 Å². The van der Waals surface area contributed by atoms with Gasteiger partial charge in [0.1, 0.15) is 0 Å². The predicted molar refractivity (Wildman–Crippen MR) is 81.8 cm³/mol. The molecule has 0 spiro atoms. The van der Waals surface area contributed by atoms with Crippen molar-refractivity contribution < 1.29 is 13.9 Å². The van der Waals surface area contributed by atoms with Crippen molar-refractivity contribution in [2.24, 2.45) is 5.92 Å². The Hall–Kier alpha value is 0.0969. The van der Waals surface area contributed by atoms with E-state index in [0.717, 1.165) is 13.0 Å². The Morgan fingerprint density at radius 2 is 1.89 bits per heavy atom. The first-order valence-electron chi connectivity index (χ1n) is 7.40. The fourth-order valence-electron chi connectivity index (χ4n) is 1.90. The zero-order valence-corrected chi connectivity index (χ0v) is 15.0. The lowest BCUT2D eigenvalue weighted by Crippen LogP contribution is -2.41. The van der Waals surface area contributed by atoms with Crippen LogP contribution in [0.5, 0.6) is 0 Å². The van der Waals surface area contributed by atoms with Gasteiger partial charge >= 0.3 is 0 Å². The minimum atomic E-state index is -1.61. The highest BCUT2D eigenvalue weighted by Crippen LogP contribution is 2.37. The molecule has 4 heteroatoms. The number of hydrogen-bond donors (Lipinski definition) is 0. The highest BCUT2D eigenvalue weighted by atomic mass is 28.4. The minimum Gasteiger partial charge on any atom is -0.417 e. The molecule has 0 amide bonds. The molecule has 114 valence electrons. The Balaban J connectivity index is 2.34. The third-order valence-corrected chi connectivity index (χ3v) is 9.05. The molecule has 0 aromatic carbocycles. The second-order valence-electron chi connectivity index (χ2n) is 7.74. The van der Waals surface area contributed by atoms with E-state index in [9.17, 15) is 0 Å². The molecular formula is C15H32O3Si. The van der Waals surface area contributed by atoms with Gasteiger partial charge in [0, 0.05) is 6.61 Å². The molecule has 0 unspecified atom stereocenters. The first kappa shape index (κ1) is 17.1. The summed E-state index contributed by atoms with van der Waals surface area (Å²) in [6, 6.07) is 0. The first-order valence-corrected chi connectivity index (χ1v) is 10.3. The molecule has 3 nitrogen and oxygen atoms in total. The third kappa shape index (κ3) is 4.85. The lowest BCUT2D eigenvalue weighted by molar-refractivity contribution is -0.144. The summed E-state index contributed by atoms with van der Waals surface area (Å²) in [7, 11) is -1.61. The topological polar surface area (TPSA) is 27.7 Å². The van der Waals surface area contributed by atoms with Crippen LogP contribution in [0.3, 0.4) is 0 Å². The summed E-state index contributed by atoms with van der Waals surface area (Å²) in [5.74, 6) is 0.0608. The van der Waals surface area contributed by atoms with Crippen molar-refractivity contribution in [3.8, 4) is 0 Å². The molecule has 0 aromatic heterocycles. The maximum Gasteiger partial charge on any atom is 0.191 e. The van der Waals surface area contributed by atoms with Gasteiger partial charge in [-0.3, -0.25) is 0 Å². The van der Waals surface area contributed by atoms with Crippen LogP contribution in [0.1, 0.15) is 48.0 Å². The third-order valence-electron chi connectivity index (χ3n) is 4.51. The van der Waals surface area contributed by atoms with E-state index < -0.39 is 14.1 Å². The first-order chi connectivity index (χ1) is 8.45. The average molecular weight is 289 g/mol. The van der Waals surface area contributed by atoms with Crippen molar-refractivity contribution in [3.63, 3.8) is 0 Å². The van der Waals surface area contributed by atoms with Crippen molar-refractivity contribution in [1.29, 1.82) is 0 Å². The summed E-state index contributed by atoms with van der Waals surface area (Å²) in [5, 5.41) is 0.283. The quantitative estimate of drug-likeness (QED) is 0.710. The summed E-state index contributed by atoms with van der Waals surface area (Å²) >= 11 is 0. The predicted octanol–water partition coefficient (Wildman–Crippen LogP) is 4.19. The zero-order valence-electron chi connectivity index (χ0n) is 14.0. The summed E-state index contributed by atoms with van der Waals surface area (Å²) in [6.45, 7) is 19.2. The minimum absolute atomic E-state index is 0.206. The van der Waals surface area contributed by atoms with Gasteiger partial charge in [-0.15, -0.1) is 0 Å². The fourth-order valence-corrected chi connectivity index (χ4v) is 2.96. The average Bonchev–Trinajstić information content (AvgIpc) is 2.56. The molecular weight excluding hydrogens is 256 g/mol. The normalized spacial score (nSPS) is 25.6. The molecule has 19 heavy (non-hydrogen) atoms. The van der Waals surface area contributed by atoms with Crippen LogP contribution in [0.4, 0.5) is 0 Å². The Bertz CT molecular complexity index is 294.